The summed E-state index contributed by atoms with van der Waals surface area (Å²) >= 11 is 0. The number of hydrogen-bond acceptors (Lipinski definition) is 5. The number of benzene rings is 1. The van der Waals surface area contributed by atoms with E-state index in [0.717, 1.165) is 44.2 Å². The molecule has 1 aliphatic carbocycles. The Morgan fingerprint density at radius 2 is 1.84 bits per heavy atom. The van der Waals surface area contributed by atoms with Gasteiger partial charge in [0, 0.05) is 5.92 Å². The fraction of sp³-hybridized carbons (Fsp3) is 0.571. The fourth-order valence-electron chi connectivity index (χ4n) is 3.11. The molecule has 1 aromatic rings. The van der Waals surface area contributed by atoms with Gasteiger partial charge in [-0.2, -0.15) is 21.6 Å². The van der Waals surface area contributed by atoms with Crippen molar-refractivity contribution in [3.63, 3.8) is 0 Å². The van der Waals surface area contributed by atoms with Crippen LogP contribution in [0, 0.1) is 17.8 Å². The summed E-state index contributed by atoms with van der Waals surface area (Å²) in [6, 6.07) is 2.49. The van der Waals surface area contributed by atoms with Gasteiger partial charge in [0.25, 0.3) is 10.1 Å². The van der Waals surface area contributed by atoms with Crippen molar-refractivity contribution in [2.24, 2.45) is 5.92 Å². The third kappa shape index (κ3) is 8.42. The van der Waals surface area contributed by atoms with Crippen molar-refractivity contribution < 1.29 is 40.4 Å². The molecule has 0 amide bonds. The monoisotopic (exact) mass is 462 g/mol. The summed E-state index contributed by atoms with van der Waals surface area (Å²) in [6.07, 6.45) is 0.459. The van der Waals surface area contributed by atoms with Gasteiger partial charge in [-0.25, -0.2) is 4.79 Å². The van der Waals surface area contributed by atoms with Gasteiger partial charge in [0.05, 0.1) is 11.1 Å². The number of esters is 1. The van der Waals surface area contributed by atoms with Gasteiger partial charge in [-0.1, -0.05) is 31.1 Å². The van der Waals surface area contributed by atoms with Crippen LogP contribution in [-0.4, -0.2) is 36.9 Å². The van der Waals surface area contributed by atoms with Crippen molar-refractivity contribution in [1.29, 1.82) is 0 Å². The molecule has 1 aliphatic rings. The van der Waals surface area contributed by atoms with Gasteiger partial charge in [0.15, 0.2) is 5.60 Å². The summed E-state index contributed by atoms with van der Waals surface area (Å²) in [7, 11) is -4.34. The van der Waals surface area contributed by atoms with Gasteiger partial charge in [-0.3, -0.25) is 4.55 Å². The van der Waals surface area contributed by atoms with Gasteiger partial charge >= 0.3 is 12.1 Å². The van der Waals surface area contributed by atoms with E-state index in [0.29, 0.717) is 6.07 Å². The van der Waals surface area contributed by atoms with Gasteiger partial charge in [0.2, 0.25) is 0 Å². The van der Waals surface area contributed by atoms with E-state index in [1.54, 1.807) is 13.8 Å². The molecule has 0 aliphatic heterocycles. The summed E-state index contributed by atoms with van der Waals surface area (Å²) in [6.45, 7) is 2.44. The highest BCUT2D eigenvalue weighted by Gasteiger charge is 2.36. The zero-order valence-corrected chi connectivity index (χ0v) is 18.1. The van der Waals surface area contributed by atoms with Crippen LogP contribution in [0.3, 0.4) is 0 Å². The van der Waals surface area contributed by atoms with Crippen molar-refractivity contribution in [1.82, 2.24) is 0 Å². The first-order chi connectivity index (χ1) is 14.3. The molecule has 10 heteroatoms. The van der Waals surface area contributed by atoms with Crippen LogP contribution in [0.25, 0.3) is 0 Å². The second kappa shape index (κ2) is 9.92. The Kier molecular flexibility index (Phi) is 8.00. The molecule has 0 bridgehead atoms. The van der Waals surface area contributed by atoms with E-state index in [9.17, 15) is 26.4 Å². The molecule has 0 aromatic heterocycles. The number of carbonyl (C=O) groups is 1. The maximum atomic E-state index is 13.4. The van der Waals surface area contributed by atoms with Crippen LogP contribution < -0.4 is 4.74 Å². The quantitative estimate of drug-likeness (QED) is 0.381. The molecule has 31 heavy (non-hydrogen) atoms. The number of ether oxygens (including phenoxy) is 2. The number of carbonyl (C=O) groups excluding carboxylic acids is 1. The molecule has 0 atom stereocenters. The van der Waals surface area contributed by atoms with Crippen LogP contribution in [0.4, 0.5) is 13.2 Å². The lowest BCUT2D eigenvalue weighted by Crippen LogP contribution is -2.28. The molecule has 1 fully saturated rings. The van der Waals surface area contributed by atoms with Crippen LogP contribution in [0.5, 0.6) is 5.75 Å². The van der Waals surface area contributed by atoms with E-state index in [1.165, 1.54) is 0 Å². The van der Waals surface area contributed by atoms with E-state index >= 15 is 0 Å². The molecule has 6 nitrogen and oxygen atoms in total. The Bertz CT molecular complexity index is 952. The predicted octanol–water partition coefficient (Wildman–Crippen LogP) is 4.49. The zero-order valence-electron chi connectivity index (χ0n) is 17.3. The topological polar surface area (TPSA) is 89.9 Å². The lowest BCUT2D eigenvalue weighted by atomic mass is 9.89. The zero-order chi connectivity index (χ0) is 23.3. The lowest BCUT2D eigenvalue weighted by molar-refractivity contribution is -0.139. The van der Waals surface area contributed by atoms with E-state index in [1.807, 2.05) is 0 Å². The average Bonchev–Trinajstić information content (AvgIpc) is 2.65. The lowest BCUT2D eigenvalue weighted by Gasteiger charge is -2.24. The number of hydrogen-bond donors (Lipinski definition) is 1. The highest BCUT2D eigenvalue weighted by Crippen LogP contribution is 2.38. The summed E-state index contributed by atoms with van der Waals surface area (Å²) in [5.41, 5.74) is -2.57. The smallest absolute Gasteiger partial charge is 0.419 e. The molecule has 2 rings (SSSR count). The van der Waals surface area contributed by atoms with Gasteiger partial charge in [-0.05, 0) is 44.9 Å². The molecule has 1 N–H and O–H groups in total. The molecule has 1 saturated carbocycles. The third-order valence-electron chi connectivity index (χ3n) is 4.64. The number of rotatable bonds is 6. The average molecular weight is 462 g/mol. The fourth-order valence-corrected chi connectivity index (χ4v) is 3.41. The Morgan fingerprint density at radius 3 is 2.42 bits per heavy atom. The molecule has 0 radical (unpaired) electrons. The van der Waals surface area contributed by atoms with Crippen molar-refractivity contribution in [3.8, 4) is 17.6 Å². The number of halogens is 3. The first-order valence-electron chi connectivity index (χ1n) is 9.82. The predicted molar refractivity (Wildman–Crippen MR) is 107 cm³/mol. The SMILES string of the molecule is CC(C)(C#CC1CCCCC1)Oc1cc(C(=O)OCCS(=O)(=O)O)ccc1C(F)(F)F. The highest BCUT2D eigenvalue weighted by atomic mass is 32.2. The van der Waals surface area contributed by atoms with Crippen LogP contribution in [0.15, 0.2) is 18.2 Å². The Balaban J connectivity index is 2.23. The Morgan fingerprint density at radius 1 is 1.19 bits per heavy atom. The van der Waals surface area contributed by atoms with E-state index in [-0.39, 0.29) is 11.5 Å². The molecule has 0 unspecified atom stereocenters. The number of alkyl halides is 3. The van der Waals surface area contributed by atoms with E-state index in [4.69, 9.17) is 14.0 Å². The molecule has 1 aromatic carbocycles. The van der Waals surface area contributed by atoms with Gasteiger partial charge < -0.3 is 9.47 Å². The van der Waals surface area contributed by atoms with Gasteiger partial charge in [0.1, 0.15) is 18.1 Å². The molecular weight excluding hydrogens is 437 g/mol. The summed E-state index contributed by atoms with van der Waals surface area (Å²) in [5, 5.41) is 0. The molecule has 0 spiro atoms. The normalized spacial score (nSPS) is 15.7. The van der Waals surface area contributed by atoms with Crippen molar-refractivity contribution in [3.05, 3.63) is 29.3 Å². The molecule has 172 valence electrons. The van der Waals surface area contributed by atoms with Crippen LogP contribution in [0.1, 0.15) is 61.9 Å². The minimum atomic E-state index is -4.73. The summed E-state index contributed by atoms with van der Waals surface area (Å²) in [5.74, 6) is 3.72. The van der Waals surface area contributed by atoms with Crippen molar-refractivity contribution in [2.45, 2.75) is 57.7 Å². The second-order valence-corrected chi connectivity index (χ2v) is 9.42. The maximum Gasteiger partial charge on any atom is 0.419 e. The van der Waals surface area contributed by atoms with Gasteiger partial charge in [-0.15, -0.1) is 0 Å². The first kappa shape index (κ1) is 25.0. The van der Waals surface area contributed by atoms with Crippen LogP contribution in [0.2, 0.25) is 0 Å². The summed E-state index contributed by atoms with van der Waals surface area (Å²) < 4.78 is 80.6. The molecule has 0 saturated heterocycles. The first-order valence-corrected chi connectivity index (χ1v) is 11.4. The van der Waals surface area contributed by atoms with E-state index < -0.39 is 51.5 Å². The Hall–Kier alpha value is -2.25. The largest absolute Gasteiger partial charge is 0.475 e. The second-order valence-electron chi connectivity index (χ2n) is 7.85. The van der Waals surface area contributed by atoms with E-state index in [2.05, 4.69) is 11.8 Å². The van der Waals surface area contributed by atoms with Crippen molar-refractivity contribution in [2.75, 3.05) is 12.4 Å². The minimum Gasteiger partial charge on any atom is -0.475 e. The standard InChI is InChI=1S/C21H25F3O6S/c1-20(2,11-10-15-6-4-3-5-7-15)30-18-14-16(8-9-17(18)21(22,23)24)19(25)29-12-13-31(26,27)28/h8-9,14-15H,3-7,12-13H2,1-2H3,(H,26,27,28). The Labute approximate surface area is 179 Å². The third-order valence-corrected chi connectivity index (χ3v) is 5.33. The van der Waals surface area contributed by atoms with Crippen LogP contribution >= 0.6 is 0 Å². The highest BCUT2D eigenvalue weighted by molar-refractivity contribution is 7.85. The maximum absolute atomic E-state index is 13.4. The summed E-state index contributed by atoms with van der Waals surface area (Å²) in [4.78, 5) is 12.1. The van der Waals surface area contributed by atoms with Crippen molar-refractivity contribution >= 4 is 16.1 Å². The minimum absolute atomic E-state index is 0.183. The molecule has 0 heterocycles. The van der Waals surface area contributed by atoms with Crippen LogP contribution in [-0.2, 0) is 21.0 Å². The molecular formula is C21H25F3O6S.